The Bertz CT molecular complexity index is 767. The van der Waals surface area contributed by atoms with Gasteiger partial charge in [-0.15, -0.1) is 0 Å². The molecular formula is C21H32N2O3S. The second-order valence-corrected chi connectivity index (χ2v) is 10.1. The highest BCUT2D eigenvalue weighted by atomic mass is 32.2. The molecule has 0 N–H and O–H groups in total. The SMILES string of the molecule is Cc1cc(C)c(S(=O)(=O)N2CCN(C(=O)CCC3CCCC3)CC2)c(C)c1. The van der Waals surface area contributed by atoms with Crippen molar-refractivity contribution in [2.75, 3.05) is 26.2 Å². The predicted octanol–water partition coefficient (Wildman–Crippen LogP) is 3.42. The predicted molar refractivity (Wildman–Crippen MR) is 107 cm³/mol. The van der Waals surface area contributed by atoms with E-state index in [1.165, 1.54) is 25.7 Å². The molecule has 1 saturated heterocycles. The lowest BCUT2D eigenvalue weighted by Crippen LogP contribution is -2.50. The van der Waals surface area contributed by atoms with Gasteiger partial charge in [0.15, 0.2) is 0 Å². The van der Waals surface area contributed by atoms with Gasteiger partial charge < -0.3 is 4.90 Å². The van der Waals surface area contributed by atoms with Gasteiger partial charge in [-0.05, 0) is 44.2 Å². The molecule has 1 aromatic rings. The number of carbonyl (C=O) groups is 1. The third kappa shape index (κ3) is 4.54. The van der Waals surface area contributed by atoms with E-state index in [-0.39, 0.29) is 5.91 Å². The molecule has 0 radical (unpaired) electrons. The Labute approximate surface area is 163 Å². The first-order chi connectivity index (χ1) is 12.8. The fraction of sp³-hybridized carbons (Fsp3) is 0.667. The first-order valence-corrected chi connectivity index (χ1v) is 11.6. The van der Waals surface area contributed by atoms with E-state index < -0.39 is 10.0 Å². The number of hydrogen-bond acceptors (Lipinski definition) is 3. The Kier molecular flexibility index (Phi) is 6.26. The Balaban J connectivity index is 1.60. The first kappa shape index (κ1) is 20.3. The van der Waals surface area contributed by atoms with Crippen LogP contribution >= 0.6 is 0 Å². The van der Waals surface area contributed by atoms with E-state index in [1.807, 2.05) is 37.8 Å². The minimum Gasteiger partial charge on any atom is -0.340 e. The Morgan fingerprint density at radius 3 is 2.11 bits per heavy atom. The highest BCUT2D eigenvalue weighted by Gasteiger charge is 2.32. The second kappa shape index (κ2) is 8.31. The van der Waals surface area contributed by atoms with Crippen molar-refractivity contribution in [2.45, 2.75) is 64.2 Å². The molecule has 1 aliphatic heterocycles. The average Bonchev–Trinajstić information content (AvgIpc) is 3.12. The number of sulfonamides is 1. The lowest BCUT2D eigenvalue weighted by Gasteiger charge is -2.34. The largest absolute Gasteiger partial charge is 0.340 e. The summed E-state index contributed by atoms with van der Waals surface area (Å²) in [5.41, 5.74) is 2.66. The number of aryl methyl sites for hydroxylation is 3. The number of nitrogens with zero attached hydrogens (tertiary/aromatic N) is 2. The standard InChI is InChI=1S/C21H32N2O3S/c1-16-14-17(2)21(18(3)15-16)27(25,26)23-12-10-22(11-13-23)20(24)9-8-19-6-4-5-7-19/h14-15,19H,4-13H2,1-3H3. The highest BCUT2D eigenvalue weighted by molar-refractivity contribution is 7.89. The molecular weight excluding hydrogens is 360 g/mol. The van der Waals surface area contributed by atoms with E-state index in [9.17, 15) is 13.2 Å². The molecule has 150 valence electrons. The number of piperazine rings is 1. The normalized spacial score (nSPS) is 19.6. The van der Waals surface area contributed by atoms with Gasteiger partial charge in [0.05, 0.1) is 4.90 Å². The van der Waals surface area contributed by atoms with Crippen LogP contribution in [0.25, 0.3) is 0 Å². The zero-order valence-corrected chi connectivity index (χ0v) is 17.6. The van der Waals surface area contributed by atoms with Crippen LogP contribution in [0.3, 0.4) is 0 Å². The summed E-state index contributed by atoms with van der Waals surface area (Å²) in [6.45, 7) is 7.44. The van der Waals surface area contributed by atoms with Gasteiger partial charge in [-0.25, -0.2) is 8.42 Å². The van der Waals surface area contributed by atoms with E-state index in [1.54, 1.807) is 4.31 Å². The number of benzene rings is 1. The summed E-state index contributed by atoms with van der Waals surface area (Å²) < 4.78 is 27.8. The van der Waals surface area contributed by atoms with E-state index in [2.05, 4.69) is 0 Å². The molecule has 2 aliphatic rings. The van der Waals surface area contributed by atoms with Crippen molar-refractivity contribution in [3.63, 3.8) is 0 Å². The van der Waals surface area contributed by atoms with E-state index in [0.717, 1.165) is 23.1 Å². The number of amides is 1. The molecule has 27 heavy (non-hydrogen) atoms. The van der Waals surface area contributed by atoms with Crippen LogP contribution in [0.15, 0.2) is 17.0 Å². The van der Waals surface area contributed by atoms with Crippen LogP contribution in [0.2, 0.25) is 0 Å². The molecule has 1 heterocycles. The molecule has 1 aromatic carbocycles. The van der Waals surface area contributed by atoms with Crippen molar-refractivity contribution in [1.29, 1.82) is 0 Å². The van der Waals surface area contributed by atoms with Crippen LogP contribution in [0.5, 0.6) is 0 Å². The molecule has 6 heteroatoms. The fourth-order valence-electron chi connectivity index (χ4n) is 4.67. The summed E-state index contributed by atoms with van der Waals surface area (Å²) in [5, 5.41) is 0. The molecule has 0 unspecified atom stereocenters. The molecule has 0 spiro atoms. The van der Waals surface area contributed by atoms with Crippen molar-refractivity contribution in [3.8, 4) is 0 Å². The summed E-state index contributed by atoms with van der Waals surface area (Å²) in [7, 11) is -3.52. The van der Waals surface area contributed by atoms with Gasteiger partial charge in [0, 0.05) is 32.6 Å². The molecule has 5 nitrogen and oxygen atoms in total. The number of hydrogen-bond donors (Lipinski definition) is 0. The molecule has 0 atom stereocenters. The highest BCUT2D eigenvalue weighted by Crippen LogP contribution is 2.29. The molecule has 0 aromatic heterocycles. The minimum absolute atomic E-state index is 0.182. The van der Waals surface area contributed by atoms with Gasteiger partial charge in [-0.1, -0.05) is 43.4 Å². The second-order valence-electron chi connectivity index (χ2n) is 8.20. The van der Waals surface area contributed by atoms with E-state index in [0.29, 0.717) is 43.4 Å². The summed E-state index contributed by atoms with van der Waals surface area (Å²) in [5.74, 6) is 0.893. The molecule has 2 fully saturated rings. The third-order valence-electron chi connectivity index (χ3n) is 6.04. The lowest BCUT2D eigenvalue weighted by molar-refractivity contribution is -0.132. The Hall–Kier alpha value is -1.40. The van der Waals surface area contributed by atoms with Crippen LogP contribution in [0, 0.1) is 26.7 Å². The van der Waals surface area contributed by atoms with Crippen molar-refractivity contribution in [3.05, 3.63) is 28.8 Å². The zero-order chi connectivity index (χ0) is 19.6. The molecule has 1 amide bonds. The van der Waals surface area contributed by atoms with Crippen molar-refractivity contribution in [2.24, 2.45) is 5.92 Å². The fourth-order valence-corrected chi connectivity index (χ4v) is 6.50. The van der Waals surface area contributed by atoms with Gasteiger partial charge in [-0.3, -0.25) is 4.79 Å². The van der Waals surface area contributed by atoms with Crippen LogP contribution in [0.1, 0.15) is 55.2 Å². The number of rotatable bonds is 5. The average molecular weight is 393 g/mol. The minimum atomic E-state index is -3.52. The van der Waals surface area contributed by atoms with Gasteiger partial charge in [-0.2, -0.15) is 4.31 Å². The van der Waals surface area contributed by atoms with Gasteiger partial charge >= 0.3 is 0 Å². The zero-order valence-electron chi connectivity index (χ0n) is 16.8. The van der Waals surface area contributed by atoms with Gasteiger partial charge in [0.25, 0.3) is 0 Å². The number of carbonyl (C=O) groups excluding carboxylic acids is 1. The lowest BCUT2D eigenvalue weighted by atomic mass is 10.0. The van der Waals surface area contributed by atoms with Crippen LogP contribution in [0.4, 0.5) is 0 Å². The van der Waals surface area contributed by atoms with Crippen LogP contribution < -0.4 is 0 Å². The van der Waals surface area contributed by atoms with Crippen molar-refractivity contribution in [1.82, 2.24) is 9.21 Å². The van der Waals surface area contributed by atoms with Gasteiger partial charge in [0.1, 0.15) is 0 Å². The first-order valence-electron chi connectivity index (χ1n) is 10.1. The van der Waals surface area contributed by atoms with E-state index >= 15 is 0 Å². The molecule has 3 rings (SSSR count). The van der Waals surface area contributed by atoms with Crippen LogP contribution in [-0.2, 0) is 14.8 Å². The maximum Gasteiger partial charge on any atom is 0.243 e. The Morgan fingerprint density at radius 2 is 1.56 bits per heavy atom. The van der Waals surface area contributed by atoms with E-state index in [4.69, 9.17) is 0 Å². The monoisotopic (exact) mass is 392 g/mol. The topological polar surface area (TPSA) is 57.7 Å². The van der Waals surface area contributed by atoms with Gasteiger partial charge in [0.2, 0.25) is 15.9 Å². The third-order valence-corrected chi connectivity index (χ3v) is 8.24. The maximum atomic E-state index is 13.1. The summed E-state index contributed by atoms with van der Waals surface area (Å²) >= 11 is 0. The summed E-state index contributed by atoms with van der Waals surface area (Å²) in [4.78, 5) is 14.8. The maximum absolute atomic E-state index is 13.1. The summed E-state index contributed by atoms with van der Waals surface area (Å²) in [6.07, 6.45) is 6.70. The smallest absolute Gasteiger partial charge is 0.243 e. The molecule has 0 bridgehead atoms. The molecule has 1 aliphatic carbocycles. The van der Waals surface area contributed by atoms with Crippen LogP contribution in [-0.4, -0.2) is 49.7 Å². The molecule has 1 saturated carbocycles. The Morgan fingerprint density at radius 1 is 1.00 bits per heavy atom. The van der Waals surface area contributed by atoms with Crippen molar-refractivity contribution < 1.29 is 13.2 Å². The quantitative estimate of drug-likeness (QED) is 0.771. The summed E-state index contributed by atoms with van der Waals surface area (Å²) in [6, 6.07) is 3.84. The van der Waals surface area contributed by atoms with Crippen molar-refractivity contribution >= 4 is 15.9 Å².